The third-order valence-electron chi connectivity index (χ3n) is 9.62. The summed E-state index contributed by atoms with van der Waals surface area (Å²) in [6, 6.07) is 0. The van der Waals surface area contributed by atoms with Gasteiger partial charge < -0.3 is 0 Å². The summed E-state index contributed by atoms with van der Waals surface area (Å²) in [6.45, 7) is 9.73. The fourth-order valence-electron chi connectivity index (χ4n) is 6.95. The average Bonchev–Trinajstić information content (AvgIpc) is 3.78. The first-order valence-corrected chi connectivity index (χ1v) is 22.6. The number of hydrogen-bond acceptors (Lipinski definition) is 0. The van der Waals surface area contributed by atoms with Crippen molar-refractivity contribution in [2.75, 3.05) is 0 Å². The molecule has 10 fully saturated rings. The molecule has 10 aliphatic carbocycles. The molecule has 0 heterocycles. The zero-order chi connectivity index (χ0) is 29.2. The summed E-state index contributed by atoms with van der Waals surface area (Å²) >= 11 is -1.11. The molecule has 0 amide bonds. The molecule has 0 aromatic carbocycles. The van der Waals surface area contributed by atoms with Crippen molar-refractivity contribution in [2.45, 2.75) is 53.4 Å². The second kappa shape index (κ2) is 18.7. The van der Waals surface area contributed by atoms with E-state index >= 15 is 0 Å². The van der Waals surface area contributed by atoms with Gasteiger partial charge in [-0.1, -0.05) is 27.7 Å². The van der Waals surface area contributed by atoms with E-state index in [1.165, 1.54) is 25.7 Å². The molecule has 10 rings (SSSR count). The summed E-state index contributed by atoms with van der Waals surface area (Å²) in [6.07, 6.45) is 39.3. The molecule has 4 bridgehead atoms. The molecule has 212 valence electrons. The van der Waals surface area contributed by atoms with Crippen molar-refractivity contribution in [3.63, 3.8) is 0 Å². The summed E-state index contributed by atoms with van der Waals surface area (Å²) in [4.78, 5) is 0. The first kappa shape index (κ1) is 37.1. The molecule has 0 saturated heterocycles. The van der Waals surface area contributed by atoms with Gasteiger partial charge >= 0.3 is 71.3 Å². The predicted molar refractivity (Wildman–Crippen MR) is 165 cm³/mol. The van der Waals surface area contributed by atoms with Gasteiger partial charge in [-0.2, -0.15) is 0 Å². The van der Waals surface area contributed by atoms with Crippen LogP contribution >= 0.6 is 37.2 Å². The number of hydrogen-bond donors (Lipinski definition) is 0. The fraction of sp³-hybridized carbons (Fsp3) is 0.412. The van der Waals surface area contributed by atoms with E-state index in [0.29, 0.717) is 10.8 Å². The molecule has 10 saturated carbocycles. The molecule has 4 atom stereocenters. The Kier molecular flexibility index (Phi) is 17.3. The van der Waals surface area contributed by atoms with Crippen molar-refractivity contribution in [2.24, 2.45) is 34.5 Å². The van der Waals surface area contributed by atoms with Crippen LogP contribution in [0.1, 0.15) is 53.4 Å². The molecular weight excluding hydrogens is 646 g/mol. The van der Waals surface area contributed by atoms with Crippen LogP contribution in [0.2, 0.25) is 0 Å². The maximum atomic E-state index is 4.89. The molecule has 0 aromatic heterocycles. The van der Waals surface area contributed by atoms with Crippen molar-refractivity contribution in [3.05, 3.63) is 126 Å². The predicted octanol–water partition coefficient (Wildman–Crippen LogP) is 10.5. The molecule has 4 unspecified atom stereocenters. The summed E-state index contributed by atoms with van der Waals surface area (Å²) < 4.78 is 0. The molecular formula is C34H40Cl4Ti2. The minimum atomic E-state index is -0.556. The van der Waals surface area contributed by atoms with Gasteiger partial charge in [0.25, 0.3) is 0 Å². The van der Waals surface area contributed by atoms with Crippen molar-refractivity contribution in [3.8, 4) is 0 Å². The van der Waals surface area contributed by atoms with E-state index in [1.54, 1.807) is 23.7 Å². The zero-order valence-corrected chi connectivity index (χ0v) is 30.0. The van der Waals surface area contributed by atoms with Crippen LogP contribution in [0, 0.1) is 161 Å². The van der Waals surface area contributed by atoms with Gasteiger partial charge in [0.2, 0.25) is 0 Å². The fourth-order valence-corrected chi connectivity index (χ4v) is 6.95. The SMILES string of the molecule is CC1(C)C2C[C]3[CH][CH][CH][C]3C1C2.CC1(C)C2C[C]3[CH][CH][CH][C]3C1C2.[CH]1[CH][CH][CH][CH]1.[CH]1[CH][CH][CH][CH]1.[Cl][Ti][Cl].[Cl][Ti][Cl]. The molecule has 0 nitrogen and oxygen atoms in total. The molecule has 10 aliphatic rings. The van der Waals surface area contributed by atoms with Gasteiger partial charge in [0.05, 0.1) is 0 Å². The molecule has 0 N–H and O–H groups in total. The molecule has 20 radical (unpaired) electrons. The minimum absolute atomic E-state index is 0.556. The van der Waals surface area contributed by atoms with Gasteiger partial charge in [0, 0.05) is 0 Å². The number of halogens is 4. The van der Waals surface area contributed by atoms with E-state index < -0.39 is 34.1 Å². The van der Waals surface area contributed by atoms with E-state index in [9.17, 15) is 0 Å². The van der Waals surface area contributed by atoms with Gasteiger partial charge in [0.1, 0.15) is 0 Å². The van der Waals surface area contributed by atoms with Crippen LogP contribution in [0.4, 0.5) is 0 Å². The Morgan fingerprint density at radius 3 is 1.02 bits per heavy atom. The summed E-state index contributed by atoms with van der Waals surface area (Å²) in [5.74, 6) is 10.3. The molecule has 0 aliphatic heterocycles. The molecule has 6 heteroatoms. The Morgan fingerprint density at radius 1 is 0.500 bits per heavy atom. The van der Waals surface area contributed by atoms with Crippen LogP contribution in [-0.2, 0) is 34.1 Å². The third-order valence-corrected chi connectivity index (χ3v) is 9.62. The average molecular weight is 686 g/mol. The second-order valence-corrected chi connectivity index (χ2v) is 17.3. The Labute approximate surface area is 283 Å². The van der Waals surface area contributed by atoms with Crippen LogP contribution < -0.4 is 0 Å². The van der Waals surface area contributed by atoms with Crippen molar-refractivity contribution < 1.29 is 34.1 Å². The zero-order valence-electron chi connectivity index (χ0n) is 23.9. The van der Waals surface area contributed by atoms with Crippen molar-refractivity contribution in [1.29, 1.82) is 0 Å². The van der Waals surface area contributed by atoms with E-state index in [1.807, 2.05) is 64.2 Å². The normalized spacial score (nSPS) is 34.0. The summed E-state index contributed by atoms with van der Waals surface area (Å²) in [7, 11) is 19.6. The van der Waals surface area contributed by atoms with Crippen LogP contribution in [0.25, 0.3) is 0 Å². The van der Waals surface area contributed by atoms with Gasteiger partial charge in [0.15, 0.2) is 0 Å². The quantitative estimate of drug-likeness (QED) is 0.223. The summed E-state index contributed by atoms with van der Waals surface area (Å²) in [5.41, 5.74) is 1.20. The maximum absolute atomic E-state index is 4.89. The molecule has 40 heavy (non-hydrogen) atoms. The van der Waals surface area contributed by atoms with Gasteiger partial charge in [-0.25, -0.2) is 0 Å². The van der Waals surface area contributed by atoms with Gasteiger partial charge in [-0.3, -0.25) is 0 Å². The van der Waals surface area contributed by atoms with Crippen LogP contribution in [0.15, 0.2) is 0 Å². The van der Waals surface area contributed by atoms with Gasteiger partial charge in [-0.05, 0) is 187 Å². The van der Waals surface area contributed by atoms with Crippen LogP contribution in [-0.4, -0.2) is 0 Å². The Bertz CT molecular complexity index is 620. The van der Waals surface area contributed by atoms with E-state index in [2.05, 4.69) is 66.2 Å². The Morgan fingerprint density at radius 2 is 0.775 bits per heavy atom. The van der Waals surface area contributed by atoms with E-state index in [-0.39, 0.29) is 0 Å². The van der Waals surface area contributed by atoms with Crippen LogP contribution in [0.5, 0.6) is 0 Å². The van der Waals surface area contributed by atoms with E-state index in [4.69, 9.17) is 37.2 Å². The van der Waals surface area contributed by atoms with Crippen LogP contribution in [0.3, 0.4) is 0 Å². The number of rotatable bonds is 0. The molecule has 0 aromatic rings. The monoisotopic (exact) mass is 684 g/mol. The van der Waals surface area contributed by atoms with E-state index in [0.717, 1.165) is 23.7 Å². The Hall–Kier alpha value is 2.59. The van der Waals surface area contributed by atoms with Crippen molar-refractivity contribution in [1.82, 2.24) is 0 Å². The Balaban J connectivity index is 0.000000146. The second-order valence-electron chi connectivity index (χ2n) is 12.1. The molecule has 0 spiro atoms. The summed E-state index contributed by atoms with van der Waals surface area (Å²) in [5, 5.41) is 0. The van der Waals surface area contributed by atoms with Gasteiger partial charge in [-0.15, -0.1) is 0 Å². The topological polar surface area (TPSA) is 0 Å². The third kappa shape index (κ3) is 9.79. The van der Waals surface area contributed by atoms with Crippen molar-refractivity contribution >= 4 is 37.2 Å². The first-order chi connectivity index (χ1) is 19.2. The standard InChI is InChI=1S/2C12H15.2C5H5.4ClH.2Ti/c2*1-12(2)9-6-8-4-3-5-10(8)11(12)7-9;2*1-2-4-5-3-1;;;;;;/h2*3-5,9,11H,6-7H2,1-2H3;2*1-5H;4*1H;;/q;;;;;;;;2*+2/p-4. The first-order valence-electron chi connectivity index (χ1n) is 14.0.